The highest BCUT2D eigenvalue weighted by atomic mass is 35.5. The molecule has 5 heteroatoms. The lowest BCUT2D eigenvalue weighted by atomic mass is 10.2. The van der Waals surface area contributed by atoms with Crippen LogP contribution in [0, 0.1) is 6.92 Å². The van der Waals surface area contributed by atoms with E-state index < -0.39 is 12.0 Å². The van der Waals surface area contributed by atoms with Crippen LogP contribution in [-0.4, -0.2) is 23.7 Å². The van der Waals surface area contributed by atoms with Gasteiger partial charge in [-0.15, -0.1) is 0 Å². The standard InChI is InChI=1S/C10H12ClNO3/c1-6-2-3-7(11)9(4-6)15-5-8(12)10(13)14/h2-4,8H,5,12H2,1H3,(H,13,14)/t8-/m0/s1. The molecule has 15 heavy (non-hydrogen) atoms. The fraction of sp³-hybridized carbons (Fsp3) is 0.300. The lowest BCUT2D eigenvalue weighted by Crippen LogP contribution is -2.36. The van der Waals surface area contributed by atoms with E-state index in [1.54, 1.807) is 12.1 Å². The lowest BCUT2D eigenvalue weighted by Gasteiger charge is -2.11. The zero-order valence-electron chi connectivity index (χ0n) is 8.24. The van der Waals surface area contributed by atoms with Gasteiger partial charge in [-0.05, 0) is 24.6 Å². The Morgan fingerprint density at radius 2 is 2.33 bits per heavy atom. The number of carboxylic acids is 1. The first-order valence-corrected chi connectivity index (χ1v) is 4.76. The van der Waals surface area contributed by atoms with Gasteiger partial charge in [0, 0.05) is 0 Å². The Balaban J connectivity index is 2.65. The van der Waals surface area contributed by atoms with Crippen LogP contribution < -0.4 is 10.5 Å². The zero-order valence-corrected chi connectivity index (χ0v) is 8.99. The molecule has 0 bridgehead atoms. The summed E-state index contributed by atoms with van der Waals surface area (Å²) in [4.78, 5) is 10.4. The van der Waals surface area contributed by atoms with Gasteiger partial charge in [0.25, 0.3) is 0 Å². The van der Waals surface area contributed by atoms with Crippen LogP contribution in [0.3, 0.4) is 0 Å². The number of carboxylic acid groups (broad SMARTS) is 1. The van der Waals surface area contributed by atoms with E-state index >= 15 is 0 Å². The van der Waals surface area contributed by atoms with E-state index in [9.17, 15) is 4.79 Å². The molecule has 3 N–H and O–H groups in total. The third-order valence-corrected chi connectivity index (χ3v) is 2.13. The van der Waals surface area contributed by atoms with Gasteiger partial charge < -0.3 is 15.6 Å². The summed E-state index contributed by atoms with van der Waals surface area (Å²) in [5.74, 6) is -0.646. The Morgan fingerprint density at radius 1 is 1.67 bits per heavy atom. The maximum Gasteiger partial charge on any atom is 0.324 e. The minimum atomic E-state index is -1.10. The second-order valence-corrected chi connectivity index (χ2v) is 3.60. The molecular formula is C10H12ClNO3. The van der Waals surface area contributed by atoms with Gasteiger partial charge in [-0.2, -0.15) is 0 Å². The van der Waals surface area contributed by atoms with Crippen LogP contribution in [0.25, 0.3) is 0 Å². The van der Waals surface area contributed by atoms with Crippen molar-refractivity contribution < 1.29 is 14.6 Å². The molecule has 0 saturated heterocycles. The highest BCUT2D eigenvalue weighted by Crippen LogP contribution is 2.25. The molecule has 0 fully saturated rings. The molecule has 0 amide bonds. The normalized spacial score (nSPS) is 12.2. The molecule has 1 atom stereocenters. The van der Waals surface area contributed by atoms with Crippen LogP contribution in [0.1, 0.15) is 5.56 Å². The summed E-state index contributed by atoms with van der Waals surface area (Å²) in [5, 5.41) is 8.99. The first-order valence-electron chi connectivity index (χ1n) is 4.38. The number of aryl methyl sites for hydroxylation is 1. The number of aliphatic carboxylic acids is 1. The second-order valence-electron chi connectivity index (χ2n) is 3.19. The largest absolute Gasteiger partial charge is 0.490 e. The number of rotatable bonds is 4. The first kappa shape index (κ1) is 11.8. The Morgan fingerprint density at radius 3 is 2.93 bits per heavy atom. The van der Waals surface area contributed by atoms with Crippen molar-refractivity contribution in [3.05, 3.63) is 28.8 Å². The van der Waals surface area contributed by atoms with Crippen LogP contribution in [0.2, 0.25) is 5.02 Å². The van der Waals surface area contributed by atoms with Gasteiger partial charge in [0.1, 0.15) is 18.4 Å². The van der Waals surface area contributed by atoms with Crippen molar-refractivity contribution in [3.8, 4) is 5.75 Å². The average molecular weight is 230 g/mol. The van der Waals surface area contributed by atoms with Crippen molar-refractivity contribution in [2.24, 2.45) is 5.73 Å². The number of hydrogen-bond acceptors (Lipinski definition) is 3. The van der Waals surface area contributed by atoms with E-state index in [1.807, 2.05) is 13.0 Å². The van der Waals surface area contributed by atoms with Gasteiger partial charge in [-0.3, -0.25) is 4.79 Å². The van der Waals surface area contributed by atoms with E-state index in [-0.39, 0.29) is 6.61 Å². The highest BCUT2D eigenvalue weighted by molar-refractivity contribution is 6.32. The van der Waals surface area contributed by atoms with E-state index in [2.05, 4.69) is 0 Å². The molecule has 0 saturated carbocycles. The van der Waals surface area contributed by atoms with Crippen LogP contribution in [-0.2, 0) is 4.79 Å². The second kappa shape index (κ2) is 5.00. The SMILES string of the molecule is Cc1ccc(Cl)c(OC[C@H](N)C(=O)O)c1. The molecule has 0 unspecified atom stereocenters. The Hall–Kier alpha value is -1.26. The summed E-state index contributed by atoms with van der Waals surface area (Å²) in [5.41, 5.74) is 6.27. The van der Waals surface area contributed by atoms with Crippen molar-refractivity contribution in [1.29, 1.82) is 0 Å². The molecule has 1 rings (SSSR count). The molecule has 0 radical (unpaired) electrons. The zero-order chi connectivity index (χ0) is 11.4. The third-order valence-electron chi connectivity index (χ3n) is 1.82. The Bertz CT molecular complexity index is 368. The van der Waals surface area contributed by atoms with Gasteiger partial charge in [-0.1, -0.05) is 17.7 Å². The van der Waals surface area contributed by atoms with Crippen LogP contribution in [0.4, 0.5) is 0 Å². The quantitative estimate of drug-likeness (QED) is 0.820. The van der Waals surface area contributed by atoms with Gasteiger partial charge in [-0.25, -0.2) is 0 Å². The van der Waals surface area contributed by atoms with Crippen molar-refractivity contribution in [1.82, 2.24) is 0 Å². The number of benzene rings is 1. The molecule has 1 aromatic carbocycles. The van der Waals surface area contributed by atoms with Gasteiger partial charge in [0.2, 0.25) is 0 Å². The smallest absolute Gasteiger partial charge is 0.324 e. The minimum Gasteiger partial charge on any atom is -0.490 e. The van der Waals surface area contributed by atoms with Crippen LogP contribution in [0.5, 0.6) is 5.75 Å². The summed E-state index contributed by atoms with van der Waals surface area (Å²) >= 11 is 5.85. The average Bonchev–Trinajstić information content (AvgIpc) is 2.18. The number of halogens is 1. The van der Waals surface area contributed by atoms with E-state index in [4.69, 9.17) is 27.2 Å². The van der Waals surface area contributed by atoms with Gasteiger partial charge in [0.05, 0.1) is 5.02 Å². The fourth-order valence-electron chi connectivity index (χ4n) is 0.972. The molecule has 0 aliphatic carbocycles. The van der Waals surface area contributed by atoms with E-state index in [0.29, 0.717) is 10.8 Å². The van der Waals surface area contributed by atoms with Crippen LogP contribution in [0.15, 0.2) is 18.2 Å². The topological polar surface area (TPSA) is 72.5 Å². The predicted molar refractivity (Wildman–Crippen MR) is 57.3 cm³/mol. The van der Waals surface area contributed by atoms with Crippen molar-refractivity contribution in [2.75, 3.05) is 6.61 Å². The minimum absolute atomic E-state index is 0.0987. The Kier molecular flexibility index (Phi) is 3.94. The fourth-order valence-corrected chi connectivity index (χ4v) is 1.14. The van der Waals surface area contributed by atoms with Crippen LogP contribution >= 0.6 is 11.6 Å². The molecule has 4 nitrogen and oxygen atoms in total. The van der Waals surface area contributed by atoms with E-state index in [0.717, 1.165) is 5.56 Å². The summed E-state index contributed by atoms with van der Waals surface area (Å²) in [6.45, 7) is 1.79. The molecule has 0 aliphatic heterocycles. The first-order chi connectivity index (χ1) is 7.00. The number of ether oxygens (including phenoxy) is 1. The summed E-state index contributed by atoms with van der Waals surface area (Å²) < 4.78 is 5.20. The summed E-state index contributed by atoms with van der Waals surface area (Å²) in [6.07, 6.45) is 0. The predicted octanol–water partition coefficient (Wildman–Crippen LogP) is 1.44. The van der Waals surface area contributed by atoms with E-state index in [1.165, 1.54) is 0 Å². The third kappa shape index (κ3) is 3.42. The van der Waals surface area contributed by atoms with Crippen molar-refractivity contribution in [2.45, 2.75) is 13.0 Å². The maximum absolute atomic E-state index is 10.4. The monoisotopic (exact) mass is 229 g/mol. The summed E-state index contributed by atoms with van der Waals surface area (Å²) in [7, 11) is 0. The number of hydrogen-bond donors (Lipinski definition) is 2. The molecule has 0 aromatic heterocycles. The van der Waals surface area contributed by atoms with Crippen molar-refractivity contribution >= 4 is 17.6 Å². The molecular weight excluding hydrogens is 218 g/mol. The highest BCUT2D eigenvalue weighted by Gasteiger charge is 2.12. The molecule has 82 valence electrons. The number of nitrogens with two attached hydrogens (primary N) is 1. The molecule has 0 spiro atoms. The number of carbonyl (C=O) groups is 1. The maximum atomic E-state index is 10.4. The molecule has 1 aromatic rings. The van der Waals surface area contributed by atoms with Gasteiger partial charge in [0.15, 0.2) is 0 Å². The molecule has 0 aliphatic rings. The van der Waals surface area contributed by atoms with Crippen molar-refractivity contribution in [3.63, 3.8) is 0 Å². The van der Waals surface area contributed by atoms with Gasteiger partial charge >= 0.3 is 5.97 Å². The molecule has 0 heterocycles. The lowest BCUT2D eigenvalue weighted by molar-refractivity contribution is -0.139. The summed E-state index contributed by atoms with van der Waals surface area (Å²) in [6, 6.07) is 4.23. The Labute approximate surface area is 92.6 Å².